The number of hydrogen-bond donors (Lipinski definition) is 3. The van der Waals surface area contributed by atoms with Gasteiger partial charge in [0.1, 0.15) is 6.10 Å². The number of nitrogens with zero attached hydrogens (tertiary/aromatic N) is 1. The first-order valence-corrected chi connectivity index (χ1v) is 4.12. The number of aryl methyl sites for hydroxylation is 1. The summed E-state index contributed by atoms with van der Waals surface area (Å²) in [6.07, 6.45) is -0.417. The topological polar surface area (TPSA) is 69.1 Å². The zero-order chi connectivity index (χ0) is 9.14. The number of aromatic nitrogens is 2. The fourth-order valence-electron chi connectivity index (χ4n) is 0.950. The van der Waals surface area contributed by atoms with Crippen molar-refractivity contribution in [3.8, 4) is 0 Å². The summed E-state index contributed by atoms with van der Waals surface area (Å²) in [7, 11) is 0. The molecular formula is C7H11ClN2O2. The zero-order valence-electron chi connectivity index (χ0n) is 6.66. The van der Waals surface area contributed by atoms with Crippen molar-refractivity contribution < 1.29 is 10.2 Å². The molecule has 5 heteroatoms. The van der Waals surface area contributed by atoms with E-state index in [0.29, 0.717) is 5.56 Å². The first-order chi connectivity index (χ1) is 5.66. The number of aliphatic hydroxyl groups excluding tert-OH is 2. The maximum atomic E-state index is 9.46. The van der Waals surface area contributed by atoms with E-state index < -0.39 is 12.2 Å². The normalized spacial score (nSPS) is 16.0. The summed E-state index contributed by atoms with van der Waals surface area (Å²) in [6.45, 7) is 1.77. The lowest BCUT2D eigenvalue weighted by Crippen LogP contribution is -2.19. The summed E-state index contributed by atoms with van der Waals surface area (Å²) in [5.41, 5.74) is 1.33. The van der Waals surface area contributed by atoms with Gasteiger partial charge in [-0.25, -0.2) is 0 Å². The molecule has 0 aromatic carbocycles. The Morgan fingerprint density at radius 1 is 1.67 bits per heavy atom. The van der Waals surface area contributed by atoms with Crippen molar-refractivity contribution in [1.29, 1.82) is 0 Å². The largest absolute Gasteiger partial charge is 0.389 e. The monoisotopic (exact) mass is 190 g/mol. The van der Waals surface area contributed by atoms with Gasteiger partial charge >= 0.3 is 0 Å². The van der Waals surface area contributed by atoms with E-state index in [-0.39, 0.29) is 5.88 Å². The van der Waals surface area contributed by atoms with Crippen molar-refractivity contribution in [3.63, 3.8) is 0 Å². The Morgan fingerprint density at radius 3 is 2.75 bits per heavy atom. The van der Waals surface area contributed by atoms with Crippen LogP contribution in [0.1, 0.15) is 17.4 Å². The molecule has 4 nitrogen and oxygen atoms in total. The maximum absolute atomic E-state index is 9.46. The van der Waals surface area contributed by atoms with Crippen LogP contribution in [0.2, 0.25) is 0 Å². The molecule has 1 rings (SSSR count). The second-order valence-corrected chi connectivity index (χ2v) is 2.93. The predicted molar refractivity (Wildman–Crippen MR) is 45.0 cm³/mol. The van der Waals surface area contributed by atoms with Gasteiger partial charge in [-0.15, -0.1) is 11.6 Å². The van der Waals surface area contributed by atoms with Crippen LogP contribution in [-0.2, 0) is 0 Å². The lowest BCUT2D eigenvalue weighted by atomic mass is 10.1. The minimum absolute atomic E-state index is 0.00574. The summed E-state index contributed by atoms with van der Waals surface area (Å²) in [5.74, 6) is 0.00574. The van der Waals surface area contributed by atoms with Gasteiger partial charge in [0, 0.05) is 11.3 Å². The Bertz CT molecular complexity index is 251. The summed E-state index contributed by atoms with van der Waals surface area (Å²) >= 11 is 5.38. The molecule has 0 spiro atoms. The van der Waals surface area contributed by atoms with Crippen LogP contribution in [0.15, 0.2) is 6.20 Å². The highest BCUT2D eigenvalue weighted by atomic mass is 35.5. The maximum Gasteiger partial charge on any atom is 0.109 e. The van der Waals surface area contributed by atoms with Crippen molar-refractivity contribution in [3.05, 3.63) is 17.5 Å². The number of alkyl halides is 1. The Morgan fingerprint density at radius 2 is 2.33 bits per heavy atom. The minimum atomic E-state index is -0.957. The van der Waals surface area contributed by atoms with Gasteiger partial charge in [-0.05, 0) is 6.92 Å². The molecule has 1 aromatic rings. The highest BCUT2D eigenvalue weighted by molar-refractivity contribution is 6.18. The number of rotatable bonds is 3. The standard InChI is InChI=1S/C7H11ClN2O2/c1-4-5(3-9-10-4)7(12)6(11)2-8/h3,6-7,11-12H,2H2,1H3,(H,9,10). The van der Waals surface area contributed by atoms with Gasteiger partial charge in [-0.1, -0.05) is 0 Å². The number of H-pyrrole nitrogens is 1. The molecule has 1 aromatic heterocycles. The van der Waals surface area contributed by atoms with Crippen LogP contribution in [0.5, 0.6) is 0 Å². The molecule has 0 saturated carbocycles. The highest BCUT2D eigenvalue weighted by Crippen LogP contribution is 2.19. The molecule has 0 fully saturated rings. The van der Waals surface area contributed by atoms with Crippen molar-refractivity contribution >= 4 is 11.6 Å². The van der Waals surface area contributed by atoms with Gasteiger partial charge in [0.05, 0.1) is 18.2 Å². The number of aromatic amines is 1. The zero-order valence-corrected chi connectivity index (χ0v) is 7.41. The van der Waals surface area contributed by atoms with Gasteiger partial charge in [-0.2, -0.15) is 5.10 Å². The predicted octanol–water partition coefficient (Wildman–Crippen LogP) is 0.351. The molecule has 68 valence electrons. The minimum Gasteiger partial charge on any atom is -0.389 e. The molecule has 12 heavy (non-hydrogen) atoms. The SMILES string of the molecule is Cc1[nH]ncc1C(O)C(O)CCl. The average Bonchev–Trinajstić information content (AvgIpc) is 2.48. The summed E-state index contributed by atoms with van der Waals surface area (Å²) in [4.78, 5) is 0. The second-order valence-electron chi connectivity index (χ2n) is 2.62. The number of hydrogen-bond acceptors (Lipinski definition) is 3. The molecule has 2 unspecified atom stereocenters. The third-order valence-electron chi connectivity index (χ3n) is 1.71. The highest BCUT2D eigenvalue weighted by Gasteiger charge is 2.19. The van der Waals surface area contributed by atoms with Crippen LogP contribution in [0.3, 0.4) is 0 Å². The van der Waals surface area contributed by atoms with Crippen molar-refractivity contribution in [2.75, 3.05) is 5.88 Å². The summed E-state index contributed by atoms with van der Waals surface area (Å²) in [6, 6.07) is 0. The summed E-state index contributed by atoms with van der Waals surface area (Å²) < 4.78 is 0. The fourth-order valence-corrected chi connectivity index (χ4v) is 1.12. The van der Waals surface area contributed by atoms with Crippen LogP contribution in [0.25, 0.3) is 0 Å². The van der Waals surface area contributed by atoms with Crippen LogP contribution >= 0.6 is 11.6 Å². The van der Waals surface area contributed by atoms with Gasteiger partial charge in [-0.3, -0.25) is 5.10 Å². The molecule has 1 heterocycles. The van der Waals surface area contributed by atoms with Crippen LogP contribution < -0.4 is 0 Å². The Labute approximate surface area is 75.2 Å². The molecule has 0 radical (unpaired) electrons. The van der Waals surface area contributed by atoms with E-state index in [1.807, 2.05) is 0 Å². The number of aliphatic hydroxyl groups is 2. The summed E-state index contributed by atoms with van der Waals surface area (Å²) in [5, 5.41) is 25.0. The second kappa shape index (κ2) is 3.89. The Kier molecular flexibility index (Phi) is 3.08. The van der Waals surface area contributed by atoms with Gasteiger partial charge in [0.15, 0.2) is 0 Å². The Hall–Kier alpha value is -0.580. The number of nitrogens with one attached hydrogen (secondary N) is 1. The molecule has 0 amide bonds. The van der Waals surface area contributed by atoms with Gasteiger partial charge < -0.3 is 10.2 Å². The van der Waals surface area contributed by atoms with E-state index in [4.69, 9.17) is 11.6 Å². The van der Waals surface area contributed by atoms with E-state index in [2.05, 4.69) is 10.2 Å². The molecule has 0 bridgehead atoms. The Balaban J connectivity index is 2.77. The lowest BCUT2D eigenvalue weighted by Gasteiger charge is -2.13. The first kappa shape index (κ1) is 9.51. The van der Waals surface area contributed by atoms with E-state index in [1.54, 1.807) is 6.92 Å². The smallest absolute Gasteiger partial charge is 0.109 e. The molecule has 0 saturated heterocycles. The number of halogens is 1. The van der Waals surface area contributed by atoms with E-state index >= 15 is 0 Å². The third-order valence-corrected chi connectivity index (χ3v) is 2.03. The lowest BCUT2D eigenvalue weighted by molar-refractivity contribution is 0.0323. The average molecular weight is 191 g/mol. The van der Waals surface area contributed by atoms with Gasteiger partial charge in [0.25, 0.3) is 0 Å². The quantitative estimate of drug-likeness (QED) is 0.603. The van der Waals surface area contributed by atoms with Gasteiger partial charge in [0.2, 0.25) is 0 Å². The van der Waals surface area contributed by atoms with Crippen LogP contribution in [-0.4, -0.2) is 32.4 Å². The third kappa shape index (κ3) is 1.77. The fraction of sp³-hybridized carbons (Fsp3) is 0.571. The van der Waals surface area contributed by atoms with E-state index in [1.165, 1.54) is 6.20 Å². The van der Waals surface area contributed by atoms with E-state index in [9.17, 15) is 10.2 Å². The molecule has 3 N–H and O–H groups in total. The molecule has 0 aliphatic heterocycles. The van der Waals surface area contributed by atoms with Crippen molar-refractivity contribution in [1.82, 2.24) is 10.2 Å². The van der Waals surface area contributed by atoms with Crippen LogP contribution in [0, 0.1) is 6.92 Å². The molecular weight excluding hydrogens is 180 g/mol. The van der Waals surface area contributed by atoms with Crippen molar-refractivity contribution in [2.24, 2.45) is 0 Å². The first-order valence-electron chi connectivity index (χ1n) is 3.58. The molecule has 0 aliphatic rings. The van der Waals surface area contributed by atoms with Crippen molar-refractivity contribution in [2.45, 2.75) is 19.1 Å². The molecule has 2 atom stereocenters. The molecule has 0 aliphatic carbocycles. The van der Waals surface area contributed by atoms with E-state index in [0.717, 1.165) is 5.69 Å². The van der Waals surface area contributed by atoms with Crippen LogP contribution in [0.4, 0.5) is 0 Å².